The van der Waals surface area contributed by atoms with E-state index in [4.69, 9.17) is 0 Å². The van der Waals surface area contributed by atoms with Crippen molar-refractivity contribution < 1.29 is 28.8 Å². The van der Waals surface area contributed by atoms with Gasteiger partial charge in [-0.1, -0.05) is 24.3 Å². The van der Waals surface area contributed by atoms with Crippen LogP contribution >= 0.6 is 0 Å². The van der Waals surface area contributed by atoms with Gasteiger partial charge >= 0.3 is 0 Å². The number of rotatable bonds is 8. The van der Waals surface area contributed by atoms with Gasteiger partial charge in [0, 0.05) is 26.1 Å². The zero-order valence-electron chi connectivity index (χ0n) is 17.5. The monoisotopic (exact) mass is 448 g/mol. The van der Waals surface area contributed by atoms with Gasteiger partial charge in [-0.15, -0.1) is 0 Å². The lowest BCUT2D eigenvalue weighted by Crippen LogP contribution is -2.43. The molecule has 10 nitrogen and oxygen atoms in total. The van der Waals surface area contributed by atoms with Crippen LogP contribution in [0.1, 0.15) is 47.9 Å². The number of nitrogens with zero attached hydrogens (tertiary/aromatic N) is 2. The largest absolute Gasteiger partial charge is 0.354 e. The molecule has 168 valence electrons. The molecule has 0 saturated carbocycles. The van der Waals surface area contributed by atoms with Gasteiger partial charge in [0.25, 0.3) is 23.6 Å². The van der Waals surface area contributed by atoms with Crippen LogP contribution in [0.5, 0.6) is 0 Å². The lowest BCUT2D eigenvalue weighted by atomic mass is 10.1. The maximum Gasteiger partial charge on any atom is 0.262 e. The highest BCUT2D eigenvalue weighted by Gasteiger charge is 2.36. The van der Waals surface area contributed by atoms with E-state index in [0.29, 0.717) is 11.1 Å². The van der Waals surface area contributed by atoms with Gasteiger partial charge in [-0.25, -0.2) is 0 Å². The van der Waals surface area contributed by atoms with Gasteiger partial charge in [0.1, 0.15) is 6.54 Å². The molecule has 2 heterocycles. The number of hydrogen-bond donors (Lipinski definition) is 2. The SMILES string of the molecule is O=C(CCN1C(=O)c2ccccc2C1=O)NCCNC(=O)CN1C(=O)c2ccccc2C1=O. The standard InChI is InChI=1S/C23H20N4O6/c28-18(9-12-26-20(30)14-5-1-2-6-15(14)21(26)31)24-10-11-25-19(29)13-27-22(32)16-7-3-4-8-17(16)23(27)33/h1-8H,9-13H2,(H,24,28)(H,25,29). The van der Waals surface area contributed by atoms with Gasteiger partial charge in [0.05, 0.1) is 22.3 Å². The highest BCUT2D eigenvalue weighted by molar-refractivity contribution is 6.22. The molecule has 2 aliphatic heterocycles. The number of fused-ring (bicyclic) bond motifs is 2. The first kappa shape index (κ1) is 21.9. The average molecular weight is 448 g/mol. The van der Waals surface area contributed by atoms with E-state index in [1.165, 1.54) is 12.1 Å². The molecule has 0 unspecified atom stereocenters. The Kier molecular flexibility index (Phi) is 5.99. The van der Waals surface area contributed by atoms with Crippen molar-refractivity contribution in [1.29, 1.82) is 0 Å². The molecular weight excluding hydrogens is 428 g/mol. The van der Waals surface area contributed by atoms with E-state index in [1.807, 2.05) is 0 Å². The summed E-state index contributed by atoms with van der Waals surface area (Å²) in [5.41, 5.74) is 1.17. The van der Waals surface area contributed by atoms with Gasteiger partial charge in [0.2, 0.25) is 11.8 Å². The molecule has 0 fully saturated rings. The van der Waals surface area contributed by atoms with Gasteiger partial charge in [0.15, 0.2) is 0 Å². The Hall–Kier alpha value is -4.34. The van der Waals surface area contributed by atoms with E-state index in [9.17, 15) is 28.8 Å². The molecule has 0 spiro atoms. The third-order valence-electron chi connectivity index (χ3n) is 5.39. The molecule has 0 bridgehead atoms. The number of nitrogens with one attached hydrogen (secondary N) is 2. The van der Waals surface area contributed by atoms with Crippen molar-refractivity contribution >= 4 is 35.4 Å². The molecular formula is C23H20N4O6. The second-order valence-electron chi connectivity index (χ2n) is 7.50. The van der Waals surface area contributed by atoms with Crippen LogP contribution in [0.2, 0.25) is 0 Å². The molecule has 33 heavy (non-hydrogen) atoms. The summed E-state index contributed by atoms with van der Waals surface area (Å²) >= 11 is 0. The number of amides is 6. The van der Waals surface area contributed by atoms with Crippen LogP contribution in [0.3, 0.4) is 0 Å². The molecule has 2 N–H and O–H groups in total. The van der Waals surface area contributed by atoms with Crippen LogP contribution in [0.25, 0.3) is 0 Å². The van der Waals surface area contributed by atoms with Crippen molar-refractivity contribution in [2.75, 3.05) is 26.2 Å². The smallest absolute Gasteiger partial charge is 0.262 e. The number of carbonyl (C=O) groups excluding carboxylic acids is 6. The van der Waals surface area contributed by atoms with Crippen molar-refractivity contribution in [2.45, 2.75) is 6.42 Å². The first-order valence-electron chi connectivity index (χ1n) is 10.3. The third kappa shape index (κ3) is 4.22. The summed E-state index contributed by atoms with van der Waals surface area (Å²) in [4.78, 5) is 75.2. The van der Waals surface area contributed by atoms with Crippen LogP contribution in [0.15, 0.2) is 48.5 Å². The quantitative estimate of drug-likeness (QED) is 0.438. The van der Waals surface area contributed by atoms with E-state index in [0.717, 1.165) is 9.80 Å². The summed E-state index contributed by atoms with van der Waals surface area (Å²) in [6, 6.07) is 12.8. The molecule has 10 heteroatoms. The summed E-state index contributed by atoms with van der Waals surface area (Å²) in [7, 11) is 0. The predicted molar refractivity (Wildman–Crippen MR) is 114 cm³/mol. The minimum atomic E-state index is -0.537. The van der Waals surface area contributed by atoms with Gasteiger partial charge < -0.3 is 10.6 Å². The lowest BCUT2D eigenvalue weighted by Gasteiger charge is -2.15. The summed E-state index contributed by atoms with van der Waals surface area (Å²) < 4.78 is 0. The van der Waals surface area contributed by atoms with Crippen LogP contribution in [-0.2, 0) is 9.59 Å². The van der Waals surface area contributed by atoms with Crippen molar-refractivity contribution in [3.05, 3.63) is 70.8 Å². The summed E-state index contributed by atoms with van der Waals surface area (Å²) in [5, 5.41) is 5.13. The molecule has 2 aromatic carbocycles. The number of imide groups is 2. The molecule has 2 aromatic rings. The van der Waals surface area contributed by atoms with Crippen molar-refractivity contribution in [1.82, 2.24) is 20.4 Å². The zero-order valence-corrected chi connectivity index (χ0v) is 17.5. The molecule has 2 aliphatic rings. The minimum absolute atomic E-state index is 0.0513. The fraction of sp³-hybridized carbons (Fsp3) is 0.217. The summed E-state index contributed by atoms with van der Waals surface area (Å²) in [5.74, 6) is -2.82. The first-order valence-corrected chi connectivity index (χ1v) is 10.3. The molecule has 0 saturated heterocycles. The number of carbonyl (C=O) groups is 6. The Morgan fingerprint density at radius 2 is 1.00 bits per heavy atom. The molecule has 6 amide bonds. The first-order chi connectivity index (χ1) is 15.9. The maximum atomic E-state index is 12.3. The van der Waals surface area contributed by atoms with Crippen molar-refractivity contribution in [3.63, 3.8) is 0 Å². The van der Waals surface area contributed by atoms with Gasteiger partial charge in [-0.2, -0.15) is 0 Å². The summed E-state index contributed by atoms with van der Waals surface area (Å²) in [6.45, 7) is -0.278. The van der Waals surface area contributed by atoms with E-state index < -0.39 is 36.1 Å². The molecule has 0 radical (unpaired) electrons. The Morgan fingerprint density at radius 3 is 1.45 bits per heavy atom. The van der Waals surface area contributed by atoms with E-state index in [2.05, 4.69) is 10.6 Å². The highest BCUT2D eigenvalue weighted by atomic mass is 16.2. The van der Waals surface area contributed by atoms with Crippen LogP contribution < -0.4 is 10.6 Å². The summed E-state index contributed by atoms with van der Waals surface area (Å²) in [6.07, 6.45) is -0.0749. The minimum Gasteiger partial charge on any atom is -0.354 e. The third-order valence-corrected chi connectivity index (χ3v) is 5.39. The van der Waals surface area contributed by atoms with Crippen LogP contribution in [-0.4, -0.2) is 71.4 Å². The van der Waals surface area contributed by atoms with Crippen molar-refractivity contribution in [3.8, 4) is 0 Å². The Labute approximate surface area is 188 Å². The Balaban J connectivity index is 1.17. The van der Waals surface area contributed by atoms with Crippen LogP contribution in [0, 0.1) is 0 Å². The normalized spacial score (nSPS) is 14.4. The second kappa shape index (κ2) is 9.03. The second-order valence-corrected chi connectivity index (χ2v) is 7.50. The Bertz CT molecular complexity index is 1120. The fourth-order valence-electron chi connectivity index (χ4n) is 3.73. The van der Waals surface area contributed by atoms with Crippen molar-refractivity contribution in [2.24, 2.45) is 0 Å². The molecule has 4 rings (SSSR count). The van der Waals surface area contributed by atoms with Gasteiger partial charge in [-0.05, 0) is 24.3 Å². The topological polar surface area (TPSA) is 133 Å². The van der Waals surface area contributed by atoms with E-state index in [1.54, 1.807) is 36.4 Å². The average Bonchev–Trinajstić information content (AvgIpc) is 3.21. The highest BCUT2D eigenvalue weighted by Crippen LogP contribution is 2.23. The van der Waals surface area contributed by atoms with Crippen LogP contribution in [0.4, 0.5) is 0 Å². The van der Waals surface area contributed by atoms with E-state index in [-0.39, 0.29) is 43.1 Å². The zero-order chi connectivity index (χ0) is 23.5. The molecule has 0 atom stereocenters. The fourth-order valence-corrected chi connectivity index (χ4v) is 3.73. The maximum absolute atomic E-state index is 12.3. The molecule has 0 aliphatic carbocycles. The number of hydrogen-bond acceptors (Lipinski definition) is 6. The molecule has 0 aromatic heterocycles. The predicted octanol–water partition coefficient (Wildman–Crippen LogP) is 0.201. The number of benzene rings is 2. The lowest BCUT2D eigenvalue weighted by molar-refractivity contribution is -0.123. The Morgan fingerprint density at radius 1 is 0.606 bits per heavy atom. The van der Waals surface area contributed by atoms with E-state index >= 15 is 0 Å². The van der Waals surface area contributed by atoms with Gasteiger partial charge in [-0.3, -0.25) is 38.6 Å².